The summed E-state index contributed by atoms with van der Waals surface area (Å²) in [6, 6.07) is 5.02. The van der Waals surface area contributed by atoms with E-state index in [1.807, 2.05) is 0 Å². The molecule has 0 aromatic heterocycles. The molecule has 3 saturated carbocycles. The summed E-state index contributed by atoms with van der Waals surface area (Å²) in [5, 5.41) is 9.10. The Morgan fingerprint density at radius 2 is 2.00 bits per heavy atom. The number of aliphatic hydroxyl groups is 1. The molecule has 0 saturated heterocycles. The number of nitrogens with zero attached hydrogens (tertiary/aromatic N) is 1. The maximum atomic E-state index is 12.7. The highest BCUT2D eigenvalue weighted by atomic mass is 19.4. The van der Waals surface area contributed by atoms with Crippen LogP contribution in [0.3, 0.4) is 0 Å². The van der Waals surface area contributed by atoms with Crippen molar-refractivity contribution < 1.29 is 23.1 Å². The van der Waals surface area contributed by atoms with Crippen molar-refractivity contribution in [1.29, 1.82) is 0 Å². The number of aliphatic hydroxyl groups excluding tert-OH is 1. The summed E-state index contributed by atoms with van der Waals surface area (Å²) < 4.78 is 38.2. The van der Waals surface area contributed by atoms with E-state index in [0.717, 1.165) is 31.4 Å². The SMILES string of the molecule is O=C(CO)N(Cc1cccc(C(F)(F)F)c1)C12CC(C1)C2. The number of benzene rings is 1. The zero-order valence-corrected chi connectivity index (χ0v) is 11.4. The van der Waals surface area contributed by atoms with Crippen molar-refractivity contribution in [3.05, 3.63) is 35.4 Å². The topological polar surface area (TPSA) is 40.5 Å². The fourth-order valence-electron chi connectivity index (χ4n) is 3.40. The Labute approximate surface area is 120 Å². The second-order valence-corrected chi connectivity index (χ2v) is 6.04. The Morgan fingerprint density at radius 3 is 2.48 bits per heavy atom. The molecule has 1 aromatic carbocycles. The molecule has 1 amide bonds. The molecule has 3 nitrogen and oxygen atoms in total. The number of hydrogen-bond donors (Lipinski definition) is 1. The first-order valence-electron chi connectivity index (χ1n) is 6.91. The van der Waals surface area contributed by atoms with Gasteiger partial charge < -0.3 is 10.0 Å². The number of amides is 1. The lowest BCUT2D eigenvalue weighted by atomic mass is 9.49. The number of carbonyl (C=O) groups excluding carboxylic acids is 1. The summed E-state index contributed by atoms with van der Waals surface area (Å²) in [5.74, 6) is 0.228. The maximum Gasteiger partial charge on any atom is 0.416 e. The highest BCUT2D eigenvalue weighted by Gasteiger charge is 2.60. The van der Waals surface area contributed by atoms with E-state index < -0.39 is 24.3 Å². The van der Waals surface area contributed by atoms with Gasteiger partial charge in [0.15, 0.2) is 0 Å². The van der Waals surface area contributed by atoms with Crippen molar-refractivity contribution in [2.45, 2.75) is 37.5 Å². The van der Waals surface area contributed by atoms with E-state index in [1.54, 1.807) is 11.0 Å². The monoisotopic (exact) mass is 299 g/mol. The van der Waals surface area contributed by atoms with Crippen molar-refractivity contribution in [2.24, 2.45) is 5.92 Å². The Balaban J connectivity index is 1.81. The Hall–Kier alpha value is -1.56. The summed E-state index contributed by atoms with van der Waals surface area (Å²) >= 11 is 0. The van der Waals surface area contributed by atoms with Crippen LogP contribution in [0.15, 0.2) is 24.3 Å². The molecule has 4 rings (SSSR count). The number of hydrogen-bond acceptors (Lipinski definition) is 2. The molecule has 3 aliphatic rings. The third-order valence-corrected chi connectivity index (χ3v) is 4.61. The molecule has 2 bridgehead atoms. The molecule has 6 heteroatoms. The Kier molecular flexibility index (Phi) is 3.24. The van der Waals surface area contributed by atoms with Crippen LogP contribution in [0.25, 0.3) is 0 Å². The summed E-state index contributed by atoms with van der Waals surface area (Å²) in [7, 11) is 0. The van der Waals surface area contributed by atoms with Gasteiger partial charge in [-0.1, -0.05) is 12.1 Å². The van der Waals surface area contributed by atoms with Gasteiger partial charge in [0.05, 0.1) is 5.56 Å². The molecule has 0 aliphatic heterocycles. The van der Waals surface area contributed by atoms with E-state index in [-0.39, 0.29) is 12.1 Å². The van der Waals surface area contributed by atoms with Gasteiger partial charge in [0.25, 0.3) is 0 Å². The van der Waals surface area contributed by atoms with Crippen LogP contribution in [0.2, 0.25) is 0 Å². The third-order valence-electron chi connectivity index (χ3n) is 4.61. The average molecular weight is 299 g/mol. The molecule has 3 aliphatic carbocycles. The summed E-state index contributed by atoms with van der Waals surface area (Å²) in [6.07, 6.45) is -1.69. The fourth-order valence-corrected chi connectivity index (χ4v) is 3.40. The maximum absolute atomic E-state index is 12.7. The smallest absolute Gasteiger partial charge is 0.387 e. The van der Waals surface area contributed by atoms with Crippen LogP contribution in [0, 0.1) is 5.92 Å². The van der Waals surface area contributed by atoms with Crippen molar-refractivity contribution in [3.8, 4) is 0 Å². The Morgan fingerprint density at radius 1 is 1.33 bits per heavy atom. The van der Waals surface area contributed by atoms with Crippen LogP contribution in [-0.4, -0.2) is 28.1 Å². The number of carbonyl (C=O) groups is 1. The van der Waals surface area contributed by atoms with Crippen LogP contribution < -0.4 is 0 Å². The molecule has 1 aromatic rings. The van der Waals surface area contributed by atoms with E-state index in [0.29, 0.717) is 11.5 Å². The molecule has 0 radical (unpaired) electrons. The van der Waals surface area contributed by atoms with Gasteiger partial charge in [-0.15, -0.1) is 0 Å². The van der Waals surface area contributed by atoms with Gasteiger partial charge in [-0.05, 0) is 42.9 Å². The van der Waals surface area contributed by atoms with Crippen molar-refractivity contribution >= 4 is 5.91 Å². The van der Waals surface area contributed by atoms with Crippen molar-refractivity contribution in [1.82, 2.24) is 4.90 Å². The molecule has 1 N–H and O–H groups in total. The quantitative estimate of drug-likeness (QED) is 0.928. The van der Waals surface area contributed by atoms with Gasteiger partial charge in [0.2, 0.25) is 5.91 Å². The zero-order valence-electron chi connectivity index (χ0n) is 11.4. The highest BCUT2D eigenvalue weighted by molar-refractivity contribution is 5.78. The first kappa shape index (κ1) is 14.4. The molecule has 0 atom stereocenters. The fraction of sp³-hybridized carbons (Fsp3) is 0.533. The first-order valence-corrected chi connectivity index (χ1v) is 6.91. The second-order valence-electron chi connectivity index (χ2n) is 6.04. The number of rotatable bonds is 4. The van der Waals surface area contributed by atoms with E-state index in [1.165, 1.54) is 6.07 Å². The standard InChI is InChI=1S/C15H16F3NO2/c16-15(17,18)12-3-1-2-10(4-12)8-19(13(21)9-20)14-5-11(6-14)7-14/h1-4,11,20H,5-9H2. The molecule has 3 fully saturated rings. The summed E-state index contributed by atoms with van der Waals surface area (Å²) in [4.78, 5) is 13.5. The summed E-state index contributed by atoms with van der Waals surface area (Å²) in [6.45, 7) is -0.485. The predicted molar refractivity (Wildman–Crippen MR) is 69.2 cm³/mol. The normalized spacial score (nSPS) is 26.8. The molecule has 0 heterocycles. The van der Waals surface area contributed by atoms with Crippen LogP contribution in [0.1, 0.15) is 30.4 Å². The Bertz CT molecular complexity index is 553. The molecule has 114 valence electrons. The van der Waals surface area contributed by atoms with Gasteiger partial charge in [-0.3, -0.25) is 4.79 Å². The van der Waals surface area contributed by atoms with Gasteiger partial charge in [-0.2, -0.15) is 13.2 Å². The predicted octanol–water partition coefficient (Wildman–Crippen LogP) is 2.58. The third kappa shape index (κ3) is 2.41. The molecule has 21 heavy (non-hydrogen) atoms. The number of halogens is 3. The van der Waals surface area contributed by atoms with Crippen LogP contribution in [0.4, 0.5) is 13.2 Å². The van der Waals surface area contributed by atoms with Gasteiger partial charge >= 0.3 is 6.18 Å². The van der Waals surface area contributed by atoms with E-state index in [2.05, 4.69) is 0 Å². The van der Waals surface area contributed by atoms with Gasteiger partial charge in [-0.25, -0.2) is 0 Å². The lowest BCUT2D eigenvalue weighted by molar-refractivity contribution is -0.176. The second kappa shape index (κ2) is 4.73. The largest absolute Gasteiger partial charge is 0.416 e. The molecular formula is C15H16F3NO2. The van der Waals surface area contributed by atoms with Crippen molar-refractivity contribution in [3.63, 3.8) is 0 Å². The molecular weight excluding hydrogens is 283 g/mol. The first-order chi connectivity index (χ1) is 9.84. The average Bonchev–Trinajstić information content (AvgIpc) is 2.32. The molecule has 0 unspecified atom stereocenters. The minimum absolute atomic E-state index is 0.121. The minimum atomic E-state index is -4.39. The molecule has 0 spiro atoms. The van der Waals surface area contributed by atoms with E-state index in [9.17, 15) is 18.0 Å². The lowest BCUT2D eigenvalue weighted by Gasteiger charge is -2.66. The van der Waals surface area contributed by atoms with E-state index >= 15 is 0 Å². The summed E-state index contributed by atoms with van der Waals surface area (Å²) in [5.41, 5.74) is -0.496. The van der Waals surface area contributed by atoms with Crippen LogP contribution in [0.5, 0.6) is 0 Å². The highest BCUT2D eigenvalue weighted by Crippen LogP contribution is 2.60. The van der Waals surface area contributed by atoms with Crippen molar-refractivity contribution in [2.75, 3.05) is 6.61 Å². The van der Waals surface area contributed by atoms with Gasteiger partial charge in [0, 0.05) is 12.1 Å². The van der Waals surface area contributed by atoms with E-state index in [4.69, 9.17) is 5.11 Å². The zero-order chi connectivity index (χ0) is 15.3. The lowest BCUT2D eigenvalue weighted by Crippen LogP contribution is -2.69. The van der Waals surface area contributed by atoms with Gasteiger partial charge in [0.1, 0.15) is 6.61 Å². The van der Waals surface area contributed by atoms with Crippen LogP contribution >= 0.6 is 0 Å². The minimum Gasteiger partial charge on any atom is -0.387 e. The van der Waals surface area contributed by atoms with Crippen LogP contribution in [-0.2, 0) is 17.5 Å². The number of alkyl halides is 3.